The number of hydrogen-bond donors (Lipinski definition) is 1. The largest absolute Gasteiger partial charge is 0.316 e. The van der Waals surface area contributed by atoms with Crippen molar-refractivity contribution in [2.75, 3.05) is 13.1 Å². The van der Waals surface area contributed by atoms with Gasteiger partial charge in [0.05, 0.1) is 0 Å². The standard InChI is InChI=1S/C14H27N/c1-3-6-13-11-15-10-9-14(13)8-5-7-12(14)4-2/h12-13,15H,3-11H2,1-2H3. The summed E-state index contributed by atoms with van der Waals surface area (Å²) < 4.78 is 0. The van der Waals surface area contributed by atoms with Gasteiger partial charge in [0.2, 0.25) is 0 Å². The van der Waals surface area contributed by atoms with Crippen LogP contribution in [0.1, 0.15) is 58.8 Å². The first-order valence-electron chi connectivity index (χ1n) is 7.04. The molecular formula is C14H27N. The first-order valence-corrected chi connectivity index (χ1v) is 7.04. The Hall–Kier alpha value is -0.0400. The van der Waals surface area contributed by atoms with E-state index in [9.17, 15) is 0 Å². The highest BCUT2D eigenvalue weighted by molar-refractivity contribution is 4.99. The third-order valence-electron chi connectivity index (χ3n) is 5.11. The summed E-state index contributed by atoms with van der Waals surface area (Å²) in [4.78, 5) is 0. The molecular weight excluding hydrogens is 182 g/mol. The van der Waals surface area contributed by atoms with Gasteiger partial charge in [-0.15, -0.1) is 0 Å². The van der Waals surface area contributed by atoms with E-state index in [1.54, 1.807) is 0 Å². The summed E-state index contributed by atoms with van der Waals surface area (Å²) in [7, 11) is 0. The molecule has 1 heteroatoms. The molecule has 1 aliphatic heterocycles. The normalized spacial score (nSPS) is 41.2. The Morgan fingerprint density at radius 1 is 1.20 bits per heavy atom. The van der Waals surface area contributed by atoms with Crippen LogP contribution < -0.4 is 5.32 Å². The smallest absolute Gasteiger partial charge is 0.00151 e. The average Bonchev–Trinajstić information content (AvgIpc) is 2.66. The van der Waals surface area contributed by atoms with Gasteiger partial charge in [-0.05, 0) is 56.0 Å². The van der Waals surface area contributed by atoms with Crippen molar-refractivity contribution in [2.24, 2.45) is 17.3 Å². The molecule has 1 N–H and O–H groups in total. The van der Waals surface area contributed by atoms with Crippen LogP contribution in [0.5, 0.6) is 0 Å². The second kappa shape index (κ2) is 4.86. The average molecular weight is 209 g/mol. The fourth-order valence-corrected chi connectivity index (χ4v) is 4.39. The van der Waals surface area contributed by atoms with Crippen molar-refractivity contribution < 1.29 is 0 Å². The van der Waals surface area contributed by atoms with Crippen molar-refractivity contribution >= 4 is 0 Å². The lowest BCUT2D eigenvalue weighted by atomic mass is 9.62. The van der Waals surface area contributed by atoms with E-state index < -0.39 is 0 Å². The predicted molar refractivity (Wildman–Crippen MR) is 65.9 cm³/mol. The molecule has 1 saturated heterocycles. The molecule has 1 nitrogen and oxygen atoms in total. The van der Waals surface area contributed by atoms with E-state index in [0.29, 0.717) is 0 Å². The second-order valence-corrected chi connectivity index (χ2v) is 5.67. The third-order valence-corrected chi connectivity index (χ3v) is 5.11. The minimum absolute atomic E-state index is 0.746. The highest BCUT2D eigenvalue weighted by atomic mass is 14.9. The topological polar surface area (TPSA) is 12.0 Å². The summed E-state index contributed by atoms with van der Waals surface area (Å²) >= 11 is 0. The Kier molecular flexibility index (Phi) is 3.71. The molecule has 88 valence electrons. The molecule has 0 aromatic rings. The molecule has 2 fully saturated rings. The van der Waals surface area contributed by atoms with Crippen molar-refractivity contribution in [2.45, 2.75) is 58.8 Å². The first kappa shape index (κ1) is 11.4. The molecule has 3 unspecified atom stereocenters. The van der Waals surface area contributed by atoms with Crippen LogP contribution in [0.3, 0.4) is 0 Å². The fraction of sp³-hybridized carbons (Fsp3) is 1.00. The quantitative estimate of drug-likeness (QED) is 0.749. The van der Waals surface area contributed by atoms with Crippen molar-refractivity contribution in [1.29, 1.82) is 0 Å². The Labute approximate surface area is 95.0 Å². The highest BCUT2D eigenvalue weighted by Crippen LogP contribution is 2.54. The zero-order valence-electron chi connectivity index (χ0n) is 10.5. The van der Waals surface area contributed by atoms with Crippen LogP contribution in [-0.2, 0) is 0 Å². The maximum atomic E-state index is 3.62. The maximum absolute atomic E-state index is 3.62. The van der Waals surface area contributed by atoms with Gasteiger partial charge in [-0.1, -0.05) is 33.1 Å². The van der Waals surface area contributed by atoms with E-state index in [1.807, 2.05) is 0 Å². The summed E-state index contributed by atoms with van der Waals surface area (Å²) in [5.74, 6) is 2.01. The molecule has 0 bridgehead atoms. The minimum Gasteiger partial charge on any atom is -0.316 e. The number of rotatable bonds is 3. The molecule has 0 amide bonds. The van der Waals surface area contributed by atoms with Crippen LogP contribution in [0.4, 0.5) is 0 Å². The van der Waals surface area contributed by atoms with Gasteiger partial charge in [0, 0.05) is 0 Å². The lowest BCUT2D eigenvalue weighted by Gasteiger charge is -2.46. The van der Waals surface area contributed by atoms with Gasteiger partial charge >= 0.3 is 0 Å². The first-order chi connectivity index (χ1) is 7.33. The van der Waals surface area contributed by atoms with Crippen molar-refractivity contribution in [1.82, 2.24) is 5.32 Å². The van der Waals surface area contributed by atoms with Crippen molar-refractivity contribution in [3.8, 4) is 0 Å². The SMILES string of the molecule is CCCC1CNCCC12CCCC2CC. The van der Waals surface area contributed by atoms with Crippen LogP contribution in [0, 0.1) is 17.3 Å². The zero-order valence-corrected chi connectivity index (χ0v) is 10.5. The summed E-state index contributed by atoms with van der Waals surface area (Å²) in [5.41, 5.74) is 0.746. The van der Waals surface area contributed by atoms with Crippen LogP contribution >= 0.6 is 0 Å². The molecule has 2 rings (SSSR count). The highest BCUT2D eigenvalue weighted by Gasteiger charge is 2.47. The maximum Gasteiger partial charge on any atom is -0.00151 e. The Morgan fingerprint density at radius 3 is 2.80 bits per heavy atom. The molecule has 15 heavy (non-hydrogen) atoms. The van der Waals surface area contributed by atoms with Gasteiger partial charge in [0.15, 0.2) is 0 Å². The van der Waals surface area contributed by atoms with Gasteiger partial charge in [-0.3, -0.25) is 0 Å². The Morgan fingerprint density at radius 2 is 2.07 bits per heavy atom. The minimum atomic E-state index is 0.746. The fourth-order valence-electron chi connectivity index (χ4n) is 4.39. The summed E-state index contributed by atoms with van der Waals surface area (Å²) in [5, 5.41) is 3.62. The van der Waals surface area contributed by atoms with Crippen molar-refractivity contribution in [3.05, 3.63) is 0 Å². The van der Waals surface area contributed by atoms with Crippen LogP contribution in [0.2, 0.25) is 0 Å². The molecule has 2 aliphatic rings. The molecule has 1 spiro atoms. The Balaban J connectivity index is 2.13. The number of piperidine rings is 1. The van der Waals surface area contributed by atoms with E-state index in [-0.39, 0.29) is 0 Å². The summed E-state index contributed by atoms with van der Waals surface area (Å²) in [6.45, 7) is 7.32. The Bertz CT molecular complexity index is 200. The van der Waals surface area contributed by atoms with E-state index in [2.05, 4.69) is 19.2 Å². The van der Waals surface area contributed by atoms with E-state index in [0.717, 1.165) is 17.3 Å². The molecule has 1 saturated carbocycles. The molecule has 1 aliphatic carbocycles. The molecule has 1 heterocycles. The van der Waals surface area contributed by atoms with Crippen LogP contribution in [-0.4, -0.2) is 13.1 Å². The van der Waals surface area contributed by atoms with Gasteiger partial charge in [-0.25, -0.2) is 0 Å². The number of hydrogen-bond acceptors (Lipinski definition) is 1. The monoisotopic (exact) mass is 209 g/mol. The molecule has 0 aromatic heterocycles. The van der Waals surface area contributed by atoms with Gasteiger partial charge in [-0.2, -0.15) is 0 Å². The summed E-state index contributed by atoms with van der Waals surface area (Å²) in [6.07, 6.45) is 10.2. The molecule has 0 radical (unpaired) electrons. The van der Waals surface area contributed by atoms with Crippen LogP contribution in [0.15, 0.2) is 0 Å². The van der Waals surface area contributed by atoms with Gasteiger partial charge in [0.1, 0.15) is 0 Å². The van der Waals surface area contributed by atoms with Crippen molar-refractivity contribution in [3.63, 3.8) is 0 Å². The lowest BCUT2D eigenvalue weighted by molar-refractivity contribution is 0.0513. The van der Waals surface area contributed by atoms with Crippen LogP contribution in [0.25, 0.3) is 0 Å². The van der Waals surface area contributed by atoms with E-state index in [4.69, 9.17) is 0 Å². The number of nitrogens with one attached hydrogen (secondary N) is 1. The summed E-state index contributed by atoms with van der Waals surface area (Å²) in [6, 6.07) is 0. The third kappa shape index (κ3) is 1.95. The lowest BCUT2D eigenvalue weighted by Crippen LogP contribution is -2.47. The van der Waals surface area contributed by atoms with E-state index >= 15 is 0 Å². The molecule has 0 aromatic carbocycles. The van der Waals surface area contributed by atoms with Gasteiger partial charge < -0.3 is 5.32 Å². The van der Waals surface area contributed by atoms with E-state index in [1.165, 1.54) is 58.0 Å². The second-order valence-electron chi connectivity index (χ2n) is 5.67. The zero-order chi connectivity index (χ0) is 10.7. The molecule has 3 atom stereocenters. The predicted octanol–water partition coefficient (Wildman–Crippen LogP) is 3.59. The van der Waals surface area contributed by atoms with Gasteiger partial charge in [0.25, 0.3) is 0 Å².